The van der Waals surface area contributed by atoms with Crippen molar-refractivity contribution >= 4 is 5.91 Å². The number of carbonyl (C=O) groups excluding carboxylic acids is 1. The van der Waals surface area contributed by atoms with Crippen molar-refractivity contribution in [2.24, 2.45) is 0 Å². The Labute approximate surface area is 98.6 Å². The summed E-state index contributed by atoms with van der Waals surface area (Å²) in [6, 6.07) is 0.553. The molecule has 92 valence electrons. The SMILES string of the molecule is O=C1CCCCCCN1CC1CCCCN1. The number of nitrogens with zero attached hydrogens (tertiary/aromatic N) is 1. The molecule has 0 aliphatic carbocycles. The van der Waals surface area contributed by atoms with Crippen LogP contribution in [0.5, 0.6) is 0 Å². The fraction of sp³-hybridized carbons (Fsp3) is 0.923. The van der Waals surface area contributed by atoms with Crippen molar-refractivity contribution in [2.45, 2.75) is 57.4 Å². The van der Waals surface area contributed by atoms with Crippen molar-refractivity contribution in [1.29, 1.82) is 0 Å². The molecule has 2 aliphatic heterocycles. The normalized spacial score (nSPS) is 28.6. The van der Waals surface area contributed by atoms with Gasteiger partial charge in [-0.2, -0.15) is 0 Å². The van der Waals surface area contributed by atoms with Gasteiger partial charge in [0.25, 0.3) is 0 Å². The quantitative estimate of drug-likeness (QED) is 0.777. The largest absolute Gasteiger partial charge is 0.341 e. The highest BCUT2D eigenvalue weighted by atomic mass is 16.2. The Hall–Kier alpha value is -0.570. The molecule has 3 heteroatoms. The molecule has 16 heavy (non-hydrogen) atoms. The predicted molar refractivity (Wildman–Crippen MR) is 65.3 cm³/mol. The molecule has 1 unspecified atom stereocenters. The van der Waals surface area contributed by atoms with E-state index >= 15 is 0 Å². The summed E-state index contributed by atoms with van der Waals surface area (Å²) >= 11 is 0. The Balaban J connectivity index is 1.82. The fourth-order valence-corrected chi connectivity index (χ4v) is 2.75. The molecule has 2 aliphatic rings. The van der Waals surface area contributed by atoms with Crippen LogP contribution in [-0.4, -0.2) is 36.5 Å². The second-order valence-electron chi connectivity index (χ2n) is 5.15. The zero-order valence-electron chi connectivity index (χ0n) is 10.2. The smallest absolute Gasteiger partial charge is 0.222 e. The summed E-state index contributed by atoms with van der Waals surface area (Å²) in [6.07, 6.45) is 9.44. The summed E-state index contributed by atoms with van der Waals surface area (Å²) in [5, 5.41) is 3.53. The molecule has 0 radical (unpaired) electrons. The van der Waals surface area contributed by atoms with E-state index in [1.54, 1.807) is 0 Å². The lowest BCUT2D eigenvalue weighted by molar-refractivity contribution is -0.132. The van der Waals surface area contributed by atoms with Crippen LogP contribution in [0, 0.1) is 0 Å². The third kappa shape index (κ3) is 3.48. The maximum Gasteiger partial charge on any atom is 0.222 e. The number of hydrogen-bond donors (Lipinski definition) is 1. The number of carbonyl (C=O) groups is 1. The molecule has 3 nitrogen and oxygen atoms in total. The molecule has 0 saturated carbocycles. The van der Waals surface area contributed by atoms with E-state index in [0.717, 1.165) is 32.5 Å². The topological polar surface area (TPSA) is 32.3 Å². The molecule has 1 atom stereocenters. The van der Waals surface area contributed by atoms with E-state index in [1.165, 1.54) is 38.5 Å². The van der Waals surface area contributed by atoms with Crippen LogP contribution in [0.1, 0.15) is 51.4 Å². The van der Waals surface area contributed by atoms with Crippen LogP contribution in [0.4, 0.5) is 0 Å². The van der Waals surface area contributed by atoms with Gasteiger partial charge in [-0.25, -0.2) is 0 Å². The van der Waals surface area contributed by atoms with Crippen LogP contribution in [0.2, 0.25) is 0 Å². The van der Waals surface area contributed by atoms with Crippen LogP contribution >= 0.6 is 0 Å². The zero-order chi connectivity index (χ0) is 11.2. The van der Waals surface area contributed by atoms with Gasteiger partial charge in [-0.15, -0.1) is 0 Å². The van der Waals surface area contributed by atoms with Gasteiger partial charge >= 0.3 is 0 Å². The maximum atomic E-state index is 11.9. The molecule has 1 amide bonds. The van der Waals surface area contributed by atoms with E-state index < -0.39 is 0 Å². The summed E-state index contributed by atoms with van der Waals surface area (Å²) < 4.78 is 0. The molecule has 0 aromatic rings. The lowest BCUT2D eigenvalue weighted by Gasteiger charge is -2.31. The van der Waals surface area contributed by atoms with E-state index in [9.17, 15) is 4.79 Å². The monoisotopic (exact) mass is 224 g/mol. The highest BCUT2D eigenvalue weighted by molar-refractivity contribution is 5.76. The Bertz CT molecular complexity index is 224. The van der Waals surface area contributed by atoms with Crippen LogP contribution in [0.15, 0.2) is 0 Å². The number of likely N-dealkylation sites (tertiary alicyclic amines) is 1. The Morgan fingerprint density at radius 2 is 2.00 bits per heavy atom. The van der Waals surface area contributed by atoms with Crippen LogP contribution in [0.3, 0.4) is 0 Å². The highest BCUT2D eigenvalue weighted by Crippen LogP contribution is 2.14. The minimum atomic E-state index is 0.382. The molecule has 2 rings (SSSR count). The van der Waals surface area contributed by atoms with Crippen molar-refractivity contribution in [2.75, 3.05) is 19.6 Å². The van der Waals surface area contributed by atoms with E-state index in [0.29, 0.717) is 11.9 Å². The highest BCUT2D eigenvalue weighted by Gasteiger charge is 2.20. The zero-order valence-corrected chi connectivity index (χ0v) is 10.2. The molecule has 1 N–H and O–H groups in total. The van der Waals surface area contributed by atoms with Crippen LogP contribution < -0.4 is 5.32 Å². The van der Waals surface area contributed by atoms with Crippen molar-refractivity contribution in [1.82, 2.24) is 10.2 Å². The molecule has 2 heterocycles. The van der Waals surface area contributed by atoms with E-state index in [-0.39, 0.29) is 0 Å². The Kier molecular flexibility index (Phi) is 4.64. The van der Waals surface area contributed by atoms with E-state index in [1.807, 2.05) is 0 Å². The van der Waals surface area contributed by atoms with Crippen molar-refractivity contribution in [3.63, 3.8) is 0 Å². The third-order valence-corrected chi connectivity index (χ3v) is 3.77. The Morgan fingerprint density at radius 3 is 2.81 bits per heavy atom. The first-order valence-corrected chi connectivity index (χ1v) is 6.87. The molecule has 2 fully saturated rings. The number of rotatable bonds is 2. The van der Waals surface area contributed by atoms with Crippen LogP contribution in [0.25, 0.3) is 0 Å². The number of hydrogen-bond acceptors (Lipinski definition) is 2. The summed E-state index contributed by atoms with van der Waals surface area (Å²) in [4.78, 5) is 14.0. The average molecular weight is 224 g/mol. The summed E-state index contributed by atoms with van der Waals surface area (Å²) in [5.74, 6) is 0.382. The van der Waals surface area contributed by atoms with Gasteiger partial charge < -0.3 is 10.2 Å². The fourth-order valence-electron chi connectivity index (χ4n) is 2.75. The third-order valence-electron chi connectivity index (χ3n) is 3.77. The number of nitrogens with one attached hydrogen (secondary N) is 1. The Morgan fingerprint density at radius 1 is 1.12 bits per heavy atom. The first kappa shape index (κ1) is 11.9. The lowest BCUT2D eigenvalue weighted by atomic mass is 10.0. The predicted octanol–water partition coefficient (Wildman–Crippen LogP) is 1.92. The molecule has 0 aromatic heterocycles. The van der Waals surface area contributed by atoms with Crippen molar-refractivity contribution in [3.8, 4) is 0 Å². The molecule has 0 aromatic carbocycles. The van der Waals surface area contributed by atoms with Gasteiger partial charge in [0.05, 0.1) is 0 Å². The van der Waals surface area contributed by atoms with E-state index in [4.69, 9.17) is 0 Å². The standard InChI is InChI=1S/C13H24N2O/c16-13-8-3-1-2-6-10-15(13)11-12-7-4-5-9-14-12/h12,14H,1-11H2. The second kappa shape index (κ2) is 6.24. The first-order chi connectivity index (χ1) is 7.86. The second-order valence-corrected chi connectivity index (χ2v) is 5.15. The molecular weight excluding hydrogens is 200 g/mol. The number of piperidine rings is 1. The summed E-state index contributed by atoms with van der Waals surface area (Å²) in [7, 11) is 0. The van der Waals surface area contributed by atoms with Crippen molar-refractivity contribution in [3.05, 3.63) is 0 Å². The van der Waals surface area contributed by atoms with Gasteiger partial charge in [0, 0.05) is 25.6 Å². The first-order valence-electron chi connectivity index (χ1n) is 6.87. The summed E-state index contributed by atoms with van der Waals surface area (Å²) in [5.41, 5.74) is 0. The van der Waals surface area contributed by atoms with Gasteiger partial charge in [0.1, 0.15) is 0 Å². The lowest BCUT2D eigenvalue weighted by Crippen LogP contribution is -2.46. The van der Waals surface area contributed by atoms with Crippen LogP contribution in [-0.2, 0) is 4.79 Å². The van der Waals surface area contributed by atoms with Crippen molar-refractivity contribution < 1.29 is 4.79 Å². The molecule has 0 spiro atoms. The minimum Gasteiger partial charge on any atom is -0.341 e. The van der Waals surface area contributed by atoms with Gasteiger partial charge in [0.15, 0.2) is 0 Å². The molecule has 0 bridgehead atoms. The average Bonchev–Trinajstić information content (AvgIpc) is 2.30. The molecular formula is C13H24N2O. The van der Waals surface area contributed by atoms with Gasteiger partial charge in [-0.1, -0.05) is 19.3 Å². The van der Waals surface area contributed by atoms with Gasteiger partial charge in [-0.3, -0.25) is 4.79 Å². The van der Waals surface area contributed by atoms with Gasteiger partial charge in [-0.05, 0) is 32.2 Å². The summed E-state index contributed by atoms with van der Waals surface area (Å²) in [6.45, 7) is 3.06. The van der Waals surface area contributed by atoms with E-state index in [2.05, 4.69) is 10.2 Å². The minimum absolute atomic E-state index is 0.382. The molecule has 2 saturated heterocycles. The maximum absolute atomic E-state index is 11.9. The van der Waals surface area contributed by atoms with Gasteiger partial charge in [0.2, 0.25) is 5.91 Å². The number of amides is 1.